The van der Waals surface area contributed by atoms with Gasteiger partial charge in [0.25, 0.3) is 0 Å². The van der Waals surface area contributed by atoms with E-state index >= 15 is 0 Å². The molecule has 1 rings (SSSR count). The van der Waals surface area contributed by atoms with Crippen molar-refractivity contribution in [3.63, 3.8) is 0 Å². The number of Topliss-reactive ketones (excluding diaryl/α,β-unsaturated/α-hetero) is 1. The van der Waals surface area contributed by atoms with E-state index in [1.165, 1.54) is 13.0 Å². The van der Waals surface area contributed by atoms with Gasteiger partial charge < -0.3 is 16.2 Å². The maximum atomic E-state index is 13.3. The Morgan fingerprint density at radius 3 is 2.78 bits per heavy atom. The van der Waals surface area contributed by atoms with Gasteiger partial charge in [-0.1, -0.05) is 0 Å². The number of nitrogens with two attached hydrogens (primary N) is 1. The molecule has 98 valence electrons. The van der Waals surface area contributed by atoms with Gasteiger partial charge in [-0.25, -0.2) is 4.39 Å². The first kappa shape index (κ1) is 14.1. The predicted octanol–water partition coefficient (Wildman–Crippen LogP) is 1.17. The smallest absolute Gasteiger partial charge is 0.224 e. The van der Waals surface area contributed by atoms with E-state index in [0.717, 1.165) is 12.1 Å². The SMILES string of the molecule is CC(=O)[C@@H](N)CCC(=O)Nc1cc(O)ccc1F. The monoisotopic (exact) mass is 254 g/mol. The van der Waals surface area contributed by atoms with Crippen LogP contribution in [0.3, 0.4) is 0 Å². The van der Waals surface area contributed by atoms with E-state index in [2.05, 4.69) is 5.32 Å². The zero-order valence-electron chi connectivity index (χ0n) is 9.94. The molecule has 1 amide bonds. The van der Waals surface area contributed by atoms with E-state index < -0.39 is 17.8 Å². The minimum atomic E-state index is -0.690. The summed E-state index contributed by atoms with van der Waals surface area (Å²) in [5.41, 5.74) is 5.37. The van der Waals surface area contributed by atoms with Gasteiger partial charge in [-0.3, -0.25) is 9.59 Å². The second-order valence-corrected chi connectivity index (χ2v) is 3.97. The van der Waals surface area contributed by atoms with Crippen molar-refractivity contribution in [2.24, 2.45) is 5.73 Å². The standard InChI is InChI=1S/C12H15FN2O3/c1-7(16)10(14)4-5-12(18)15-11-6-8(17)2-3-9(11)13/h2-3,6,10,17H,4-5,14H2,1H3,(H,15,18)/t10-/m0/s1. The Morgan fingerprint density at radius 2 is 2.17 bits per heavy atom. The number of aromatic hydroxyl groups is 1. The van der Waals surface area contributed by atoms with Crippen molar-refractivity contribution in [1.29, 1.82) is 0 Å². The van der Waals surface area contributed by atoms with Gasteiger partial charge in [0, 0.05) is 12.5 Å². The fourth-order valence-corrected chi connectivity index (χ4v) is 1.31. The zero-order chi connectivity index (χ0) is 13.7. The molecule has 1 atom stereocenters. The molecule has 18 heavy (non-hydrogen) atoms. The molecule has 1 aromatic carbocycles. The highest BCUT2D eigenvalue weighted by Gasteiger charge is 2.12. The Kier molecular flexibility index (Phi) is 4.79. The number of anilines is 1. The van der Waals surface area contributed by atoms with Crippen molar-refractivity contribution >= 4 is 17.4 Å². The number of halogens is 1. The number of carbonyl (C=O) groups excluding carboxylic acids is 2. The fourth-order valence-electron chi connectivity index (χ4n) is 1.31. The maximum absolute atomic E-state index is 13.3. The number of phenolic OH excluding ortho intramolecular Hbond substituents is 1. The van der Waals surface area contributed by atoms with Gasteiger partial charge in [0.2, 0.25) is 5.91 Å². The molecule has 0 radical (unpaired) electrons. The Labute approximate surface area is 104 Å². The van der Waals surface area contributed by atoms with E-state index in [9.17, 15) is 14.0 Å². The van der Waals surface area contributed by atoms with Crippen LogP contribution in [0.2, 0.25) is 0 Å². The number of hydrogen-bond donors (Lipinski definition) is 3. The van der Waals surface area contributed by atoms with Crippen LogP contribution in [0.15, 0.2) is 18.2 Å². The second kappa shape index (κ2) is 6.11. The molecule has 0 fully saturated rings. The van der Waals surface area contributed by atoms with Crippen molar-refractivity contribution in [2.45, 2.75) is 25.8 Å². The lowest BCUT2D eigenvalue weighted by molar-refractivity contribution is -0.119. The van der Waals surface area contributed by atoms with E-state index in [1.54, 1.807) is 0 Å². The minimum Gasteiger partial charge on any atom is -0.508 e. The molecule has 0 heterocycles. The zero-order valence-corrected chi connectivity index (χ0v) is 9.94. The average molecular weight is 254 g/mol. The third-order valence-electron chi connectivity index (χ3n) is 2.43. The number of benzene rings is 1. The lowest BCUT2D eigenvalue weighted by atomic mass is 10.1. The molecular weight excluding hydrogens is 239 g/mol. The first-order valence-electron chi connectivity index (χ1n) is 5.44. The first-order valence-corrected chi connectivity index (χ1v) is 5.44. The summed E-state index contributed by atoms with van der Waals surface area (Å²) in [6, 6.07) is 2.64. The molecule has 0 saturated heterocycles. The van der Waals surface area contributed by atoms with E-state index in [4.69, 9.17) is 10.8 Å². The molecule has 0 saturated carbocycles. The lowest BCUT2D eigenvalue weighted by Gasteiger charge is -2.09. The largest absolute Gasteiger partial charge is 0.508 e. The molecule has 0 aliphatic carbocycles. The molecule has 0 unspecified atom stereocenters. The molecule has 0 aliphatic rings. The van der Waals surface area contributed by atoms with Crippen molar-refractivity contribution in [2.75, 3.05) is 5.32 Å². The third kappa shape index (κ3) is 4.14. The number of nitrogens with one attached hydrogen (secondary N) is 1. The quantitative estimate of drug-likeness (QED) is 0.735. The summed E-state index contributed by atoms with van der Waals surface area (Å²) >= 11 is 0. The van der Waals surface area contributed by atoms with Crippen LogP contribution >= 0.6 is 0 Å². The average Bonchev–Trinajstić information content (AvgIpc) is 2.30. The molecular formula is C12H15FN2O3. The van der Waals surface area contributed by atoms with Gasteiger partial charge in [0.05, 0.1) is 11.7 Å². The highest BCUT2D eigenvalue weighted by molar-refractivity contribution is 5.91. The summed E-state index contributed by atoms with van der Waals surface area (Å²) in [6.45, 7) is 1.34. The van der Waals surface area contributed by atoms with Crippen LogP contribution in [0.1, 0.15) is 19.8 Å². The normalized spacial score (nSPS) is 11.9. The summed E-state index contributed by atoms with van der Waals surface area (Å²) in [5.74, 6) is -1.45. The number of carbonyl (C=O) groups is 2. The summed E-state index contributed by atoms with van der Waals surface area (Å²) in [6.07, 6.45) is 0.206. The summed E-state index contributed by atoms with van der Waals surface area (Å²) in [7, 11) is 0. The summed E-state index contributed by atoms with van der Waals surface area (Å²) in [4.78, 5) is 22.3. The topological polar surface area (TPSA) is 92.4 Å². The molecule has 4 N–H and O–H groups in total. The molecule has 0 spiro atoms. The minimum absolute atomic E-state index is 0.00976. The highest BCUT2D eigenvalue weighted by atomic mass is 19.1. The third-order valence-corrected chi connectivity index (χ3v) is 2.43. The number of phenols is 1. The van der Waals surface area contributed by atoms with Crippen LogP contribution in [-0.2, 0) is 9.59 Å². The Morgan fingerprint density at radius 1 is 1.50 bits per heavy atom. The van der Waals surface area contributed by atoms with Gasteiger partial charge >= 0.3 is 0 Å². The Hall–Kier alpha value is -1.95. The fraction of sp³-hybridized carbons (Fsp3) is 0.333. The highest BCUT2D eigenvalue weighted by Crippen LogP contribution is 2.20. The van der Waals surface area contributed by atoms with Crippen molar-refractivity contribution in [3.8, 4) is 5.75 Å². The van der Waals surface area contributed by atoms with Gasteiger partial charge in [-0.2, -0.15) is 0 Å². The molecule has 0 bridgehead atoms. The summed E-state index contributed by atoms with van der Waals surface area (Å²) < 4.78 is 13.3. The van der Waals surface area contributed by atoms with Gasteiger partial charge in [0.1, 0.15) is 17.3 Å². The molecule has 0 aliphatic heterocycles. The first-order chi connectivity index (χ1) is 8.40. The maximum Gasteiger partial charge on any atom is 0.224 e. The van der Waals surface area contributed by atoms with Gasteiger partial charge in [-0.15, -0.1) is 0 Å². The van der Waals surface area contributed by atoms with Crippen LogP contribution in [0.25, 0.3) is 0 Å². The van der Waals surface area contributed by atoms with Gasteiger partial charge in [0.15, 0.2) is 0 Å². The van der Waals surface area contributed by atoms with Crippen LogP contribution < -0.4 is 11.1 Å². The van der Waals surface area contributed by atoms with Crippen molar-refractivity contribution in [1.82, 2.24) is 0 Å². The van der Waals surface area contributed by atoms with Crippen molar-refractivity contribution < 1.29 is 19.1 Å². The molecule has 6 heteroatoms. The second-order valence-electron chi connectivity index (χ2n) is 3.97. The number of ketones is 1. The van der Waals surface area contributed by atoms with Gasteiger partial charge in [-0.05, 0) is 25.5 Å². The number of hydrogen-bond acceptors (Lipinski definition) is 4. The number of rotatable bonds is 5. The van der Waals surface area contributed by atoms with E-state index in [0.29, 0.717) is 0 Å². The van der Waals surface area contributed by atoms with Crippen LogP contribution in [-0.4, -0.2) is 22.8 Å². The van der Waals surface area contributed by atoms with E-state index in [1.807, 2.05) is 0 Å². The van der Waals surface area contributed by atoms with Crippen LogP contribution in [0.4, 0.5) is 10.1 Å². The molecule has 1 aromatic rings. The number of amides is 1. The summed E-state index contributed by atoms with van der Waals surface area (Å²) in [5, 5.41) is 11.5. The lowest BCUT2D eigenvalue weighted by Crippen LogP contribution is -2.29. The van der Waals surface area contributed by atoms with Crippen LogP contribution in [0, 0.1) is 5.82 Å². The molecule has 5 nitrogen and oxygen atoms in total. The Balaban J connectivity index is 2.54. The van der Waals surface area contributed by atoms with Crippen LogP contribution in [0.5, 0.6) is 5.75 Å². The Bertz CT molecular complexity index is 463. The molecule has 0 aromatic heterocycles. The van der Waals surface area contributed by atoms with E-state index in [-0.39, 0.29) is 30.1 Å². The predicted molar refractivity (Wildman–Crippen MR) is 64.6 cm³/mol. The van der Waals surface area contributed by atoms with Crippen molar-refractivity contribution in [3.05, 3.63) is 24.0 Å².